The van der Waals surface area contributed by atoms with Gasteiger partial charge in [0.25, 0.3) is 0 Å². The molecule has 1 aromatic carbocycles. The zero-order valence-corrected chi connectivity index (χ0v) is 8.68. The van der Waals surface area contributed by atoms with E-state index < -0.39 is 24.0 Å². The standard InChI is InChI=1S/C10H8ClFO3/c1-15-10(14)5-9(13)6-2-3-7(11)8(12)4-6/h2-4H,5H2,1H3. The van der Waals surface area contributed by atoms with Crippen LogP contribution < -0.4 is 0 Å². The number of rotatable bonds is 3. The summed E-state index contributed by atoms with van der Waals surface area (Å²) in [5.41, 5.74) is 0.0994. The van der Waals surface area contributed by atoms with Gasteiger partial charge in [0, 0.05) is 5.56 Å². The fourth-order valence-electron chi connectivity index (χ4n) is 0.975. The van der Waals surface area contributed by atoms with Gasteiger partial charge in [0.1, 0.15) is 12.2 Å². The van der Waals surface area contributed by atoms with Gasteiger partial charge in [-0.2, -0.15) is 0 Å². The summed E-state index contributed by atoms with van der Waals surface area (Å²) < 4.78 is 17.3. The van der Waals surface area contributed by atoms with Crippen molar-refractivity contribution >= 4 is 23.4 Å². The Morgan fingerprint density at radius 1 is 1.47 bits per heavy atom. The average molecular weight is 231 g/mol. The Bertz CT molecular complexity index is 404. The molecule has 0 aromatic heterocycles. The van der Waals surface area contributed by atoms with Crippen molar-refractivity contribution in [2.45, 2.75) is 6.42 Å². The molecule has 1 aromatic rings. The van der Waals surface area contributed by atoms with Gasteiger partial charge in [-0.25, -0.2) is 4.39 Å². The molecule has 0 radical (unpaired) electrons. The molecule has 0 aliphatic heterocycles. The van der Waals surface area contributed by atoms with Crippen LogP contribution in [0.1, 0.15) is 16.8 Å². The van der Waals surface area contributed by atoms with Crippen LogP contribution in [0, 0.1) is 5.82 Å². The predicted octanol–water partition coefficient (Wildman–Crippen LogP) is 2.22. The maximum atomic E-state index is 13.0. The lowest BCUT2D eigenvalue weighted by Crippen LogP contribution is -2.09. The van der Waals surface area contributed by atoms with Crippen LogP contribution >= 0.6 is 11.6 Å². The number of esters is 1. The van der Waals surface area contributed by atoms with E-state index in [1.807, 2.05) is 0 Å². The van der Waals surface area contributed by atoms with Crippen molar-refractivity contribution in [3.8, 4) is 0 Å². The number of carbonyl (C=O) groups is 2. The van der Waals surface area contributed by atoms with Gasteiger partial charge in [0.2, 0.25) is 0 Å². The molecule has 0 heterocycles. The first kappa shape index (κ1) is 11.7. The van der Waals surface area contributed by atoms with Crippen LogP contribution in [0.15, 0.2) is 18.2 Å². The molecule has 0 bridgehead atoms. The summed E-state index contributed by atoms with van der Waals surface area (Å²) in [5.74, 6) is -1.85. The van der Waals surface area contributed by atoms with E-state index in [9.17, 15) is 14.0 Å². The highest BCUT2D eigenvalue weighted by Gasteiger charge is 2.13. The van der Waals surface area contributed by atoms with Gasteiger partial charge in [-0.3, -0.25) is 9.59 Å². The second-order valence-electron chi connectivity index (χ2n) is 2.80. The molecule has 5 heteroatoms. The van der Waals surface area contributed by atoms with Gasteiger partial charge >= 0.3 is 5.97 Å². The molecule has 15 heavy (non-hydrogen) atoms. The molecule has 0 fully saturated rings. The summed E-state index contributed by atoms with van der Waals surface area (Å²) in [5, 5.41) is -0.0652. The molecular weight excluding hydrogens is 223 g/mol. The molecule has 0 spiro atoms. The van der Waals surface area contributed by atoms with E-state index in [-0.39, 0.29) is 10.6 Å². The largest absolute Gasteiger partial charge is 0.469 e. The fraction of sp³-hybridized carbons (Fsp3) is 0.200. The number of halogens is 2. The average Bonchev–Trinajstić information content (AvgIpc) is 2.21. The third-order valence-electron chi connectivity index (χ3n) is 1.77. The Kier molecular flexibility index (Phi) is 3.80. The maximum Gasteiger partial charge on any atom is 0.313 e. The fourth-order valence-corrected chi connectivity index (χ4v) is 1.09. The Balaban J connectivity index is 2.83. The minimum absolute atomic E-state index is 0.0652. The molecule has 0 amide bonds. The Morgan fingerprint density at radius 3 is 2.67 bits per heavy atom. The van der Waals surface area contributed by atoms with Crippen molar-refractivity contribution in [3.63, 3.8) is 0 Å². The lowest BCUT2D eigenvalue weighted by molar-refractivity contribution is -0.139. The van der Waals surface area contributed by atoms with E-state index in [0.29, 0.717) is 0 Å². The van der Waals surface area contributed by atoms with Crippen molar-refractivity contribution in [2.75, 3.05) is 7.11 Å². The van der Waals surface area contributed by atoms with Gasteiger partial charge in [0.15, 0.2) is 5.78 Å². The quantitative estimate of drug-likeness (QED) is 0.454. The number of hydrogen-bond acceptors (Lipinski definition) is 3. The second-order valence-corrected chi connectivity index (χ2v) is 3.21. The number of methoxy groups -OCH3 is 1. The lowest BCUT2D eigenvalue weighted by Gasteiger charge is -2.01. The summed E-state index contributed by atoms with van der Waals surface area (Å²) in [7, 11) is 1.18. The van der Waals surface area contributed by atoms with Crippen LogP contribution in [0.2, 0.25) is 5.02 Å². The SMILES string of the molecule is COC(=O)CC(=O)c1ccc(Cl)c(F)c1. The minimum atomic E-state index is -0.688. The van der Waals surface area contributed by atoms with Crippen LogP contribution in [0.4, 0.5) is 4.39 Å². The summed E-state index contributed by atoms with van der Waals surface area (Å²) in [6, 6.07) is 3.62. The first-order chi connectivity index (χ1) is 7.04. The highest BCUT2D eigenvalue weighted by molar-refractivity contribution is 6.30. The topological polar surface area (TPSA) is 43.4 Å². The molecule has 80 valence electrons. The predicted molar refractivity (Wildman–Crippen MR) is 52.4 cm³/mol. The van der Waals surface area contributed by atoms with Gasteiger partial charge in [-0.05, 0) is 18.2 Å². The van der Waals surface area contributed by atoms with Crippen molar-refractivity contribution in [1.29, 1.82) is 0 Å². The first-order valence-corrected chi connectivity index (χ1v) is 4.47. The Hall–Kier alpha value is -1.42. The van der Waals surface area contributed by atoms with E-state index in [4.69, 9.17) is 11.6 Å². The molecular formula is C10H8ClFO3. The Morgan fingerprint density at radius 2 is 2.13 bits per heavy atom. The van der Waals surface area contributed by atoms with Crippen LogP contribution in [-0.2, 0) is 9.53 Å². The summed E-state index contributed by atoms with van der Waals surface area (Å²) in [6.45, 7) is 0. The van der Waals surface area contributed by atoms with Crippen LogP contribution in [0.3, 0.4) is 0 Å². The molecule has 0 saturated heterocycles. The van der Waals surface area contributed by atoms with Crippen molar-refractivity contribution in [2.24, 2.45) is 0 Å². The number of benzene rings is 1. The molecule has 0 atom stereocenters. The molecule has 0 aliphatic rings. The maximum absolute atomic E-state index is 13.0. The van der Waals surface area contributed by atoms with E-state index in [1.54, 1.807) is 0 Å². The number of Topliss-reactive ketones (excluding diaryl/α,β-unsaturated/α-hetero) is 1. The zero-order valence-electron chi connectivity index (χ0n) is 7.92. The summed E-state index contributed by atoms with van der Waals surface area (Å²) in [6.07, 6.45) is -0.405. The number of hydrogen-bond donors (Lipinski definition) is 0. The van der Waals surface area contributed by atoms with E-state index >= 15 is 0 Å². The van der Waals surface area contributed by atoms with Crippen molar-refractivity contribution < 1.29 is 18.7 Å². The van der Waals surface area contributed by atoms with Gasteiger partial charge in [-0.15, -0.1) is 0 Å². The summed E-state index contributed by atoms with van der Waals surface area (Å²) >= 11 is 5.44. The molecule has 0 N–H and O–H groups in total. The Labute approximate surface area is 90.8 Å². The molecule has 3 nitrogen and oxygen atoms in total. The van der Waals surface area contributed by atoms with Gasteiger partial charge < -0.3 is 4.74 Å². The number of ether oxygens (including phenoxy) is 1. The lowest BCUT2D eigenvalue weighted by atomic mass is 10.1. The second kappa shape index (κ2) is 4.89. The normalized spacial score (nSPS) is 9.80. The molecule has 0 unspecified atom stereocenters. The van der Waals surface area contributed by atoms with Crippen LogP contribution in [0.25, 0.3) is 0 Å². The minimum Gasteiger partial charge on any atom is -0.469 e. The third-order valence-corrected chi connectivity index (χ3v) is 2.08. The number of ketones is 1. The van der Waals surface area contributed by atoms with E-state index in [1.165, 1.54) is 19.2 Å². The molecule has 0 aliphatic carbocycles. The van der Waals surface area contributed by atoms with Gasteiger partial charge in [0.05, 0.1) is 12.1 Å². The molecule has 0 saturated carbocycles. The monoisotopic (exact) mass is 230 g/mol. The third kappa shape index (κ3) is 3.02. The van der Waals surface area contributed by atoms with E-state index in [2.05, 4.69) is 4.74 Å². The smallest absolute Gasteiger partial charge is 0.313 e. The van der Waals surface area contributed by atoms with Crippen LogP contribution in [-0.4, -0.2) is 18.9 Å². The first-order valence-electron chi connectivity index (χ1n) is 4.09. The van der Waals surface area contributed by atoms with E-state index in [0.717, 1.165) is 6.07 Å². The number of carbonyl (C=O) groups excluding carboxylic acids is 2. The molecule has 1 rings (SSSR count). The summed E-state index contributed by atoms with van der Waals surface area (Å²) in [4.78, 5) is 22.2. The highest BCUT2D eigenvalue weighted by Crippen LogP contribution is 2.16. The van der Waals surface area contributed by atoms with Gasteiger partial charge in [-0.1, -0.05) is 11.6 Å². The zero-order chi connectivity index (χ0) is 11.4. The highest BCUT2D eigenvalue weighted by atomic mass is 35.5. The van der Waals surface area contributed by atoms with Crippen molar-refractivity contribution in [1.82, 2.24) is 0 Å². The van der Waals surface area contributed by atoms with Crippen molar-refractivity contribution in [3.05, 3.63) is 34.6 Å². The van der Waals surface area contributed by atoms with Crippen LogP contribution in [0.5, 0.6) is 0 Å².